The molecule has 0 aromatic heterocycles. The van der Waals surface area contributed by atoms with Crippen molar-refractivity contribution in [1.29, 1.82) is 0 Å². The Kier molecular flexibility index (Phi) is 4.40. The second kappa shape index (κ2) is 6.47. The van der Waals surface area contributed by atoms with E-state index < -0.39 is 0 Å². The molecule has 2 saturated carbocycles. The van der Waals surface area contributed by atoms with Gasteiger partial charge in [0.05, 0.1) is 13.2 Å². The largest absolute Gasteiger partial charge is 0.497 e. The van der Waals surface area contributed by atoms with Crippen LogP contribution in [0.5, 0.6) is 11.5 Å². The predicted octanol–water partition coefficient (Wildman–Crippen LogP) is 4.71. The smallest absolute Gasteiger partial charge is 0.302 e. The van der Waals surface area contributed by atoms with Crippen molar-refractivity contribution in [1.82, 2.24) is 0 Å². The highest BCUT2D eigenvalue weighted by Gasteiger charge is 2.56. The summed E-state index contributed by atoms with van der Waals surface area (Å²) < 4.78 is 17.5. The van der Waals surface area contributed by atoms with Crippen LogP contribution in [-0.2, 0) is 9.53 Å². The van der Waals surface area contributed by atoms with Crippen LogP contribution >= 0.6 is 0 Å². The fraction of sp³-hybridized carbons (Fsp3) is 0.682. The second-order valence-electron chi connectivity index (χ2n) is 8.59. The third-order valence-electron chi connectivity index (χ3n) is 7.27. The number of hydrogen-bond acceptors (Lipinski definition) is 4. The van der Waals surface area contributed by atoms with Crippen LogP contribution in [0, 0.1) is 17.3 Å². The Bertz CT molecular complexity index is 699. The topological polar surface area (TPSA) is 44.8 Å². The first kappa shape index (κ1) is 17.7. The molecule has 4 nitrogen and oxygen atoms in total. The fourth-order valence-electron chi connectivity index (χ4n) is 6.08. The summed E-state index contributed by atoms with van der Waals surface area (Å²) in [5, 5.41) is 0. The summed E-state index contributed by atoms with van der Waals surface area (Å²) >= 11 is 0. The van der Waals surface area contributed by atoms with E-state index in [-0.39, 0.29) is 23.6 Å². The number of hydrogen-bond donors (Lipinski definition) is 0. The number of rotatable bonds is 2. The molecule has 2 fully saturated rings. The molecule has 0 unspecified atom stereocenters. The second-order valence-corrected chi connectivity index (χ2v) is 8.59. The van der Waals surface area contributed by atoms with Crippen LogP contribution in [-0.4, -0.2) is 25.3 Å². The molecular weight excluding hydrogens is 328 g/mol. The van der Waals surface area contributed by atoms with Crippen LogP contribution < -0.4 is 9.47 Å². The van der Waals surface area contributed by atoms with Gasteiger partial charge in [0.1, 0.15) is 17.6 Å². The predicted molar refractivity (Wildman–Crippen MR) is 99.6 cm³/mol. The van der Waals surface area contributed by atoms with E-state index in [2.05, 4.69) is 19.9 Å². The van der Waals surface area contributed by atoms with Crippen LogP contribution in [0.4, 0.5) is 0 Å². The van der Waals surface area contributed by atoms with E-state index in [9.17, 15) is 4.79 Å². The van der Waals surface area contributed by atoms with Gasteiger partial charge in [-0.05, 0) is 62.5 Å². The molecule has 3 aliphatic rings. The Hall–Kier alpha value is -1.71. The highest BCUT2D eigenvalue weighted by atomic mass is 16.5. The number of fused-ring (bicyclic) bond motifs is 5. The summed E-state index contributed by atoms with van der Waals surface area (Å²) in [6, 6.07) is 6.26. The van der Waals surface area contributed by atoms with Crippen molar-refractivity contribution in [3.8, 4) is 11.5 Å². The summed E-state index contributed by atoms with van der Waals surface area (Å²) in [5.74, 6) is 3.22. The zero-order valence-corrected chi connectivity index (χ0v) is 16.3. The average molecular weight is 358 g/mol. The van der Waals surface area contributed by atoms with Gasteiger partial charge in [0.15, 0.2) is 0 Å². The van der Waals surface area contributed by atoms with Crippen LogP contribution in [0.3, 0.4) is 0 Å². The minimum atomic E-state index is -0.149. The van der Waals surface area contributed by atoms with Crippen molar-refractivity contribution in [3.63, 3.8) is 0 Å². The van der Waals surface area contributed by atoms with Crippen LogP contribution in [0.2, 0.25) is 0 Å². The Morgan fingerprint density at radius 1 is 1.27 bits per heavy atom. The van der Waals surface area contributed by atoms with Gasteiger partial charge in [-0.3, -0.25) is 4.79 Å². The van der Waals surface area contributed by atoms with Crippen molar-refractivity contribution < 1.29 is 19.0 Å². The normalized spacial score (nSPS) is 38.2. The molecule has 6 atom stereocenters. The summed E-state index contributed by atoms with van der Waals surface area (Å²) in [7, 11) is 1.69. The summed E-state index contributed by atoms with van der Waals surface area (Å²) in [5.41, 5.74) is 1.39. The van der Waals surface area contributed by atoms with Gasteiger partial charge >= 0.3 is 5.97 Å². The molecule has 1 aromatic rings. The molecule has 142 valence electrons. The van der Waals surface area contributed by atoms with Crippen LogP contribution in [0.25, 0.3) is 0 Å². The number of benzene rings is 1. The van der Waals surface area contributed by atoms with E-state index in [4.69, 9.17) is 14.2 Å². The van der Waals surface area contributed by atoms with Crippen molar-refractivity contribution >= 4 is 5.97 Å². The number of esters is 1. The van der Waals surface area contributed by atoms with E-state index in [0.29, 0.717) is 17.8 Å². The van der Waals surface area contributed by atoms with Crippen molar-refractivity contribution in [2.45, 2.75) is 71.0 Å². The molecule has 1 aliphatic heterocycles. The molecule has 4 rings (SSSR count). The maximum Gasteiger partial charge on any atom is 0.302 e. The number of carbonyl (C=O) groups is 1. The SMILES string of the molecule is COc1ccc2c(c1)O[C@H](C)[C@H]1[C@@H]2CC[C@]2(C)[C@@H](OC(C)=O)CCC[C@@H]12. The molecular formula is C22H30O4. The minimum Gasteiger partial charge on any atom is -0.497 e. The number of carbonyl (C=O) groups excluding carboxylic acids is 1. The quantitative estimate of drug-likeness (QED) is 0.718. The van der Waals surface area contributed by atoms with Crippen molar-refractivity contribution in [3.05, 3.63) is 23.8 Å². The van der Waals surface area contributed by atoms with E-state index in [1.165, 1.54) is 18.9 Å². The van der Waals surface area contributed by atoms with Gasteiger partial charge in [0.2, 0.25) is 0 Å². The van der Waals surface area contributed by atoms with E-state index >= 15 is 0 Å². The van der Waals surface area contributed by atoms with Gasteiger partial charge in [0, 0.05) is 24.3 Å². The lowest BCUT2D eigenvalue weighted by Crippen LogP contribution is -2.55. The Morgan fingerprint density at radius 2 is 2.08 bits per heavy atom. The molecule has 4 heteroatoms. The molecule has 1 aromatic carbocycles. The fourth-order valence-corrected chi connectivity index (χ4v) is 6.08. The third kappa shape index (κ3) is 2.69. The first-order chi connectivity index (χ1) is 12.4. The van der Waals surface area contributed by atoms with Gasteiger partial charge in [-0.1, -0.05) is 13.0 Å². The third-order valence-corrected chi connectivity index (χ3v) is 7.27. The first-order valence-electron chi connectivity index (χ1n) is 9.96. The number of ether oxygens (including phenoxy) is 3. The van der Waals surface area contributed by atoms with Gasteiger partial charge in [-0.25, -0.2) is 0 Å². The maximum atomic E-state index is 11.6. The summed E-state index contributed by atoms with van der Waals surface area (Å²) in [6.45, 7) is 6.09. The van der Waals surface area contributed by atoms with E-state index in [0.717, 1.165) is 37.2 Å². The molecule has 26 heavy (non-hydrogen) atoms. The van der Waals surface area contributed by atoms with Gasteiger partial charge < -0.3 is 14.2 Å². The molecule has 0 bridgehead atoms. The van der Waals surface area contributed by atoms with Crippen molar-refractivity contribution in [2.24, 2.45) is 17.3 Å². The molecule has 1 heterocycles. The Labute approximate surface area is 156 Å². The lowest BCUT2D eigenvalue weighted by molar-refractivity contribution is -0.171. The van der Waals surface area contributed by atoms with Crippen LogP contribution in [0.15, 0.2) is 18.2 Å². The lowest BCUT2D eigenvalue weighted by Gasteiger charge is -2.57. The zero-order chi connectivity index (χ0) is 18.5. The standard InChI is InChI=1S/C22H30O4/c1-13-21-17(16-9-8-15(24-4)12-19(16)25-13)10-11-22(3)18(21)6-5-7-20(22)26-14(2)23/h8-9,12-13,17-18,20-21H,5-7,10-11H2,1-4H3/t13-,17-,18+,20+,21+,22+/m1/s1. The molecule has 0 spiro atoms. The lowest BCUT2D eigenvalue weighted by atomic mass is 9.50. The molecule has 0 amide bonds. The van der Waals surface area contributed by atoms with Gasteiger partial charge in [-0.15, -0.1) is 0 Å². The van der Waals surface area contributed by atoms with Crippen LogP contribution in [0.1, 0.15) is 64.4 Å². The van der Waals surface area contributed by atoms with E-state index in [1.54, 1.807) is 7.11 Å². The Morgan fingerprint density at radius 3 is 2.81 bits per heavy atom. The highest BCUT2D eigenvalue weighted by Crippen LogP contribution is 2.61. The summed E-state index contributed by atoms with van der Waals surface area (Å²) in [6.07, 6.45) is 5.77. The van der Waals surface area contributed by atoms with Gasteiger partial charge in [-0.2, -0.15) is 0 Å². The van der Waals surface area contributed by atoms with Crippen molar-refractivity contribution in [2.75, 3.05) is 7.11 Å². The molecule has 2 aliphatic carbocycles. The minimum absolute atomic E-state index is 0.0455. The number of methoxy groups -OCH3 is 1. The average Bonchev–Trinajstić information content (AvgIpc) is 2.61. The first-order valence-corrected chi connectivity index (χ1v) is 9.96. The molecule has 0 radical (unpaired) electrons. The Balaban J connectivity index is 1.68. The maximum absolute atomic E-state index is 11.6. The van der Waals surface area contributed by atoms with Gasteiger partial charge in [0.25, 0.3) is 0 Å². The summed E-state index contributed by atoms with van der Waals surface area (Å²) in [4.78, 5) is 11.6. The monoisotopic (exact) mass is 358 g/mol. The van der Waals surface area contributed by atoms with E-state index in [1.807, 2.05) is 12.1 Å². The molecule has 0 N–H and O–H groups in total. The highest BCUT2D eigenvalue weighted by molar-refractivity contribution is 5.66. The zero-order valence-electron chi connectivity index (χ0n) is 16.3. The molecule has 0 saturated heterocycles.